The van der Waals surface area contributed by atoms with Gasteiger partial charge in [0, 0.05) is 6.20 Å². The van der Waals surface area contributed by atoms with Crippen molar-refractivity contribution in [1.29, 1.82) is 0 Å². The molecule has 0 amide bonds. The Kier molecular flexibility index (Phi) is 2.49. The van der Waals surface area contributed by atoms with E-state index in [1.165, 1.54) is 0 Å². The van der Waals surface area contributed by atoms with Crippen LogP contribution in [0.1, 0.15) is 5.69 Å². The summed E-state index contributed by atoms with van der Waals surface area (Å²) in [5.41, 5.74) is 7.88. The van der Waals surface area contributed by atoms with Crippen molar-refractivity contribution in [2.75, 3.05) is 0 Å². The molecule has 0 bridgehead atoms. The molecule has 88 valence electrons. The maximum atomic E-state index is 5.64. The second kappa shape index (κ2) is 4.15. The van der Waals surface area contributed by atoms with Gasteiger partial charge in [-0.15, -0.1) is 10.2 Å². The van der Waals surface area contributed by atoms with Crippen LogP contribution in [0, 0.1) is 0 Å². The molecule has 2 N–H and O–H groups in total. The van der Waals surface area contributed by atoms with Crippen LogP contribution in [0.5, 0.6) is 0 Å². The fraction of sp³-hybridized carbons (Fsp3) is 0. The van der Waals surface area contributed by atoms with E-state index in [2.05, 4.69) is 15.2 Å². The van der Waals surface area contributed by atoms with E-state index >= 15 is 0 Å². The average Bonchev–Trinajstić information content (AvgIpc) is 2.87. The van der Waals surface area contributed by atoms with Gasteiger partial charge in [0.2, 0.25) is 0 Å². The zero-order valence-corrected chi connectivity index (χ0v) is 10.1. The smallest absolute Gasteiger partial charge is 0.254 e. The predicted molar refractivity (Wildman–Crippen MR) is 72.5 cm³/mol. The number of nitrogens with zero attached hydrogens (tertiary/aromatic N) is 4. The average molecular weight is 255 g/mol. The molecule has 0 aliphatic rings. The van der Waals surface area contributed by atoms with Gasteiger partial charge >= 0.3 is 0 Å². The SMILES string of the molecule is NC(=S)c1cccn1-c1nnc2ccccc2n1. The number of benzene rings is 1. The Morgan fingerprint density at radius 3 is 2.61 bits per heavy atom. The maximum Gasteiger partial charge on any atom is 0.254 e. The van der Waals surface area contributed by atoms with Crippen molar-refractivity contribution in [2.24, 2.45) is 5.73 Å². The molecule has 2 heterocycles. The molecule has 3 aromatic rings. The van der Waals surface area contributed by atoms with Crippen LogP contribution in [-0.2, 0) is 0 Å². The Bertz CT molecular complexity index is 734. The van der Waals surface area contributed by atoms with Gasteiger partial charge in [0.05, 0.1) is 11.2 Å². The first-order valence-corrected chi connectivity index (χ1v) is 5.73. The lowest BCUT2D eigenvalue weighted by molar-refractivity contribution is 0.881. The highest BCUT2D eigenvalue weighted by molar-refractivity contribution is 7.80. The van der Waals surface area contributed by atoms with Gasteiger partial charge in [0.1, 0.15) is 10.5 Å². The van der Waals surface area contributed by atoms with Crippen molar-refractivity contribution in [1.82, 2.24) is 19.7 Å². The number of hydrogen-bond donors (Lipinski definition) is 1. The van der Waals surface area contributed by atoms with Gasteiger partial charge < -0.3 is 5.73 Å². The minimum absolute atomic E-state index is 0.303. The van der Waals surface area contributed by atoms with E-state index in [1.54, 1.807) is 10.8 Å². The lowest BCUT2D eigenvalue weighted by Gasteiger charge is -2.05. The van der Waals surface area contributed by atoms with E-state index in [4.69, 9.17) is 18.0 Å². The van der Waals surface area contributed by atoms with E-state index < -0.39 is 0 Å². The second-order valence-electron chi connectivity index (χ2n) is 3.73. The van der Waals surface area contributed by atoms with E-state index in [1.807, 2.05) is 36.4 Å². The van der Waals surface area contributed by atoms with Crippen molar-refractivity contribution in [3.05, 3.63) is 48.3 Å². The van der Waals surface area contributed by atoms with Gasteiger partial charge in [-0.2, -0.15) is 0 Å². The Labute approximate surface area is 108 Å². The van der Waals surface area contributed by atoms with Gasteiger partial charge in [-0.1, -0.05) is 24.4 Å². The Balaban J connectivity index is 2.19. The van der Waals surface area contributed by atoms with Gasteiger partial charge in [-0.05, 0) is 24.3 Å². The topological polar surface area (TPSA) is 69.6 Å². The molecule has 0 saturated heterocycles. The Hall–Kier alpha value is -2.34. The molecule has 0 radical (unpaired) electrons. The summed E-state index contributed by atoms with van der Waals surface area (Å²) in [6, 6.07) is 11.2. The molecule has 0 fully saturated rings. The predicted octanol–water partition coefficient (Wildman–Crippen LogP) is 1.45. The van der Waals surface area contributed by atoms with Gasteiger partial charge in [-0.3, -0.25) is 4.57 Å². The summed E-state index contributed by atoms with van der Waals surface area (Å²) in [4.78, 5) is 4.74. The van der Waals surface area contributed by atoms with Gasteiger partial charge in [0.15, 0.2) is 0 Å². The summed E-state index contributed by atoms with van der Waals surface area (Å²) in [6.45, 7) is 0. The minimum atomic E-state index is 0.303. The summed E-state index contributed by atoms with van der Waals surface area (Å²) < 4.78 is 1.72. The van der Waals surface area contributed by atoms with Crippen molar-refractivity contribution in [3.8, 4) is 5.95 Å². The number of rotatable bonds is 2. The summed E-state index contributed by atoms with van der Waals surface area (Å²) in [5, 5.41) is 8.20. The van der Waals surface area contributed by atoms with Crippen molar-refractivity contribution in [3.63, 3.8) is 0 Å². The highest BCUT2D eigenvalue weighted by Gasteiger charge is 2.09. The lowest BCUT2D eigenvalue weighted by Crippen LogP contribution is -2.16. The lowest BCUT2D eigenvalue weighted by atomic mass is 10.3. The van der Waals surface area contributed by atoms with Gasteiger partial charge in [0.25, 0.3) is 5.95 Å². The summed E-state index contributed by atoms with van der Waals surface area (Å²) >= 11 is 4.98. The second-order valence-corrected chi connectivity index (χ2v) is 4.17. The zero-order chi connectivity index (χ0) is 12.5. The molecule has 0 aliphatic heterocycles. The third-order valence-corrected chi connectivity index (χ3v) is 2.78. The Morgan fingerprint density at radius 1 is 1.06 bits per heavy atom. The van der Waals surface area contributed by atoms with Crippen LogP contribution >= 0.6 is 12.2 Å². The number of hydrogen-bond acceptors (Lipinski definition) is 4. The van der Waals surface area contributed by atoms with E-state index in [-0.39, 0.29) is 0 Å². The van der Waals surface area contributed by atoms with Crippen LogP contribution in [0.3, 0.4) is 0 Å². The molecule has 6 heteroatoms. The number of fused-ring (bicyclic) bond motifs is 1. The summed E-state index contributed by atoms with van der Waals surface area (Å²) in [7, 11) is 0. The van der Waals surface area contributed by atoms with Crippen LogP contribution < -0.4 is 5.73 Å². The first-order valence-electron chi connectivity index (χ1n) is 5.33. The highest BCUT2D eigenvalue weighted by Crippen LogP contribution is 2.12. The largest absolute Gasteiger partial charge is 0.388 e. The third-order valence-electron chi connectivity index (χ3n) is 2.57. The highest BCUT2D eigenvalue weighted by atomic mass is 32.1. The normalized spacial score (nSPS) is 10.7. The van der Waals surface area contributed by atoms with Crippen molar-refractivity contribution in [2.45, 2.75) is 0 Å². The van der Waals surface area contributed by atoms with Crippen LogP contribution in [-0.4, -0.2) is 24.7 Å². The third kappa shape index (κ3) is 1.72. The van der Waals surface area contributed by atoms with Crippen LogP contribution in [0.15, 0.2) is 42.6 Å². The van der Waals surface area contributed by atoms with Crippen LogP contribution in [0.25, 0.3) is 17.0 Å². The summed E-state index contributed by atoms with van der Waals surface area (Å²) in [6.07, 6.45) is 1.81. The molecular weight excluding hydrogens is 246 g/mol. The molecule has 0 aliphatic carbocycles. The van der Waals surface area contributed by atoms with E-state index in [9.17, 15) is 0 Å². The molecule has 5 nitrogen and oxygen atoms in total. The molecule has 1 aromatic carbocycles. The van der Waals surface area contributed by atoms with Crippen molar-refractivity contribution >= 4 is 28.2 Å². The number of aromatic nitrogens is 4. The van der Waals surface area contributed by atoms with E-state index in [0.717, 1.165) is 11.0 Å². The molecule has 0 saturated carbocycles. The zero-order valence-electron chi connectivity index (χ0n) is 9.32. The monoisotopic (exact) mass is 255 g/mol. The first kappa shape index (κ1) is 10.8. The molecule has 3 rings (SSSR count). The molecular formula is C12H9N5S. The molecule has 2 aromatic heterocycles. The fourth-order valence-corrected chi connectivity index (χ4v) is 1.90. The maximum absolute atomic E-state index is 5.64. The molecule has 0 spiro atoms. The number of thiocarbonyl (C=S) groups is 1. The molecule has 18 heavy (non-hydrogen) atoms. The summed E-state index contributed by atoms with van der Waals surface area (Å²) in [5.74, 6) is 0.460. The molecule has 0 unspecified atom stereocenters. The standard InChI is InChI=1S/C12H9N5S/c13-11(18)10-6-3-7-17(10)12-14-8-4-1-2-5-9(8)15-16-12/h1-7H,(H2,13,18). The van der Waals surface area contributed by atoms with Crippen LogP contribution in [0.2, 0.25) is 0 Å². The first-order chi connectivity index (χ1) is 8.75. The van der Waals surface area contributed by atoms with Gasteiger partial charge in [-0.25, -0.2) is 4.98 Å². The van der Waals surface area contributed by atoms with Crippen molar-refractivity contribution < 1.29 is 0 Å². The number of nitrogens with two attached hydrogens (primary N) is 1. The quantitative estimate of drug-likeness (QED) is 0.702. The Morgan fingerprint density at radius 2 is 1.83 bits per heavy atom. The fourth-order valence-electron chi connectivity index (χ4n) is 1.73. The van der Waals surface area contributed by atoms with Crippen LogP contribution in [0.4, 0.5) is 0 Å². The molecule has 0 atom stereocenters. The number of para-hydroxylation sites is 1. The van der Waals surface area contributed by atoms with E-state index in [0.29, 0.717) is 16.6 Å². The minimum Gasteiger partial charge on any atom is -0.388 e.